The largest absolute Gasteiger partial charge is 0.322 e. The Morgan fingerprint density at radius 3 is 2.56 bits per heavy atom. The van der Waals surface area contributed by atoms with E-state index in [9.17, 15) is 4.79 Å². The molecule has 0 radical (unpaired) electrons. The van der Waals surface area contributed by atoms with E-state index in [2.05, 4.69) is 15.4 Å². The number of aromatic nitrogens is 4. The number of aryl methyl sites for hydroxylation is 2. The van der Waals surface area contributed by atoms with Crippen molar-refractivity contribution in [3.63, 3.8) is 0 Å². The second-order valence-corrected chi connectivity index (χ2v) is 8.88. The van der Waals surface area contributed by atoms with E-state index in [0.29, 0.717) is 28.6 Å². The first-order chi connectivity index (χ1) is 15.5. The van der Waals surface area contributed by atoms with Crippen LogP contribution in [0.4, 0.5) is 5.69 Å². The molecule has 0 atom stereocenters. The van der Waals surface area contributed by atoms with Crippen LogP contribution in [0.2, 0.25) is 5.15 Å². The molecule has 3 aromatic heterocycles. The Morgan fingerprint density at radius 2 is 1.84 bits per heavy atom. The Labute approximate surface area is 194 Å². The number of rotatable bonds is 5. The van der Waals surface area contributed by atoms with Crippen LogP contribution in [0.5, 0.6) is 0 Å². The summed E-state index contributed by atoms with van der Waals surface area (Å²) in [7, 11) is 0. The molecule has 0 fully saturated rings. The highest BCUT2D eigenvalue weighted by Gasteiger charge is 2.20. The third-order valence-corrected chi connectivity index (χ3v) is 6.43. The van der Waals surface area contributed by atoms with Gasteiger partial charge < -0.3 is 5.32 Å². The van der Waals surface area contributed by atoms with Crippen LogP contribution in [0, 0.1) is 13.8 Å². The van der Waals surface area contributed by atoms with Gasteiger partial charge in [-0.15, -0.1) is 11.3 Å². The molecule has 160 valence electrons. The van der Waals surface area contributed by atoms with Crippen LogP contribution in [0.1, 0.15) is 27.2 Å². The van der Waals surface area contributed by atoms with Gasteiger partial charge in [-0.1, -0.05) is 53.6 Å². The summed E-state index contributed by atoms with van der Waals surface area (Å²) in [6, 6.07) is 15.8. The molecule has 0 unspecified atom stereocenters. The summed E-state index contributed by atoms with van der Waals surface area (Å²) >= 11 is 8.13. The zero-order valence-electron chi connectivity index (χ0n) is 17.5. The minimum atomic E-state index is -0.280. The molecule has 0 aliphatic rings. The highest BCUT2D eigenvalue weighted by Crippen LogP contribution is 2.25. The molecule has 0 saturated carbocycles. The third-order valence-electron chi connectivity index (χ3n) is 5.28. The van der Waals surface area contributed by atoms with Gasteiger partial charge in [0, 0.05) is 29.0 Å². The number of carbonyl (C=O) groups is 1. The van der Waals surface area contributed by atoms with Gasteiger partial charge in [0.05, 0.1) is 23.5 Å². The van der Waals surface area contributed by atoms with Crippen molar-refractivity contribution in [1.82, 2.24) is 19.2 Å². The molecule has 0 spiro atoms. The number of thiazole rings is 1. The van der Waals surface area contributed by atoms with E-state index < -0.39 is 0 Å². The van der Waals surface area contributed by atoms with Crippen molar-refractivity contribution in [2.24, 2.45) is 0 Å². The van der Waals surface area contributed by atoms with Gasteiger partial charge in [-0.2, -0.15) is 5.10 Å². The van der Waals surface area contributed by atoms with E-state index in [0.717, 1.165) is 21.8 Å². The SMILES string of the molecule is Cc1ccc(Cn2nc(C)c(C(=O)Nc3ccc(-c4cn5ccsc5n4)cc3)c2Cl)cc1. The first-order valence-electron chi connectivity index (χ1n) is 10.1. The minimum absolute atomic E-state index is 0.280. The number of carbonyl (C=O) groups excluding carboxylic acids is 1. The lowest BCUT2D eigenvalue weighted by atomic mass is 10.1. The number of hydrogen-bond donors (Lipinski definition) is 1. The van der Waals surface area contributed by atoms with Gasteiger partial charge in [-0.3, -0.25) is 9.20 Å². The van der Waals surface area contributed by atoms with Gasteiger partial charge in [0.15, 0.2) is 4.96 Å². The number of nitrogens with zero attached hydrogens (tertiary/aromatic N) is 4. The molecule has 5 rings (SSSR count). The van der Waals surface area contributed by atoms with Crippen LogP contribution in [-0.4, -0.2) is 25.1 Å². The van der Waals surface area contributed by atoms with Gasteiger partial charge in [0.2, 0.25) is 0 Å². The van der Waals surface area contributed by atoms with Gasteiger partial charge >= 0.3 is 0 Å². The van der Waals surface area contributed by atoms with Crippen molar-refractivity contribution in [3.05, 3.63) is 93.8 Å². The second kappa shape index (κ2) is 8.26. The molecule has 5 aromatic rings. The zero-order valence-corrected chi connectivity index (χ0v) is 19.1. The van der Waals surface area contributed by atoms with Crippen molar-refractivity contribution in [2.45, 2.75) is 20.4 Å². The molecule has 8 heteroatoms. The van der Waals surface area contributed by atoms with Crippen LogP contribution < -0.4 is 5.32 Å². The monoisotopic (exact) mass is 461 g/mol. The maximum Gasteiger partial charge on any atom is 0.260 e. The number of anilines is 1. The van der Waals surface area contributed by atoms with Crippen LogP contribution in [0.25, 0.3) is 16.2 Å². The zero-order chi connectivity index (χ0) is 22.2. The van der Waals surface area contributed by atoms with Crippen LogP contribution in [0.15, 0.2) is 66.3 Å². The fraction of sp³-hybridized carbons (Fsp3) is 0.125. The Balaban J connectivity index is 1.32. The van der Waals surface area contributed by atoms with Gasteiger partial charge in [-0.05, 0) is 31.5 Å². The van der Waals surface area contributed by atoms with Crippen LogP contribution in [0.3, 0.4) is 0 Å². The smallest absolute Gasteiger partial charge is 0.260 e. The topological polar surface area (TPSA) is 64.2 Å². The highest BCUT2D eigenvalue weighted by molar-refractivity contribution is 7.15. The van der Waals surface area contributed by atoms with Crippen LogP contribution >= 0.6 is 22.9 Å². The van der Waals surface area contributed by atoms with Crippen molar-refractivity contribution >= 4 is 39.5 Å². The van der Waals surface area contributed by atoms with E-state index in [-0.39, 0.29) is 5.91 Å². The number of amides is 1. The Kier molecular flexibility index (Phi) is 5.28. The summed E-state index contributed by atoms with van der Waals surface area (Å²) < 4.78 is 3.65. The van der Waals surface area contributed by atoms with Crippen molar-refractivity contribution in [2.75, 3.05) is 5.32 Å². The average Bonchev–Trinajstić information content (AvgIpc) is 3.44. The lowest BCUT2D eigenvalue weighted by Crippen LogP contribution is -2.13. The standard InChI is InChI=1S/C24H20ClN5OS/c1-15-3-5-17(6-4-15)13-30-22(25)21(16(2)28-30)23(31)26-19-9-7-18(8-10-19)20-14-29-11-12-32-24(29)27-20/h3-12,14H,13H2,1-2H3,(H,26,31). The summed E-state index contributed by atoms with van der Waals surface area (Å²) in [6.45, 7) is 4.34. The Bertz CT molecular complexity index is 1380. The van der Waals surface area contributed by atoms with E-state index in [1.807, 2.05) is 77.6 Å². The number of halogens is 1. The number of fused-ring (bicyclic) bond motifs is 1. The molecule has 2 aromatic carbocycles. The quantitative estimate of drug-likeness (QED) is 0.358. The predicted molar refractivity (Wildman–Crippen MR) is 129 cm³/mol. The molecule has 0 bridgehead atoms. The lowest BCUT2D eigenvalue weighted by molar-refractivity contribution is 0.102. The molecular weight excluding hydrogens is 442 g/mol. The maximum absolute atomic E-state index is 12.9. The molecule has 1 N–H and O–H groups in total. The summed E-state index contributed by atoms with van der Waals surface area (Å²) in [5, 5.41) is 9.73. The second-order valence-electron chi connectivity index (χ2n) is 7.64. The van der Waals surface area contributed by atoms with Gasteiger partial charge in [0.1, 0.15) is 5.15 Å². The average molecular weight is 462 g/mol. The molecule has 32 heavy (non-hydrogen) atoms. The molecule has 0 saturated heterocycles. The highest BCUT2D eigenvalue weighted by atomic mass is 35.5. The van der Waals surface area contributed by atoms with E-state index in [1.54, 1.807) is 22.9 Å². The molecule has 6 nitrogen and oxygen atoms in total. The molecule has 0 aliphatic heterocycles. The van der Waals surface area contributed by atoms with Crippen molar-refractivity contribution in [3.8, 4) is 11.3 Å². The van der Waals surface area contributed by atoms with Gasteiger partial charge in [0.25, 0.3) is 5.91 Å². The summed E-state index contributed by atoms with van der Waals surface area (Å²) in [5.41, 5.74) is 5.80. The first-order valence-corrected chi connectivity index (χ1v) is 11.4. The lowest BCUT2D eigenvalue weighted by Gasteiger charge is -2.07. The normalized spacial score (nSPS) is 11.2. The molecule has 1 amide bonds. The summed E-state index contributed by atoms with van der Waals surface area (Å²) in [6.07, 6.45) is 3.97. The van der Waals surface area contributed by atoms with E-state index >= 15 is 0 Å². The number of benzene rings is 2. The molecular formula is C24H20ClN5OS. The Hall–Kier alpha value is -3.42. The predicted octanol–water partition coefficient (Wildman–Crippen LogP) is 5.83. The Morgan fingerprint density at radius 1 is 1.09 bits per heavy atom. The molecule has 0 aliphatic carbocycles. The van der Waals surface area contributed by atoms with Gasteiger partial charge in [-0.25, -0.2) is 9.67 Å². The summed E-state index contributed by atoms with van der Waals surface area (Å²) in [4.78, 5) is 18.5. The van der Waals surface area contributed by atoms with Crippen LogP contribution in [-0.2, 0) is 6.54 Å². The molecule has 3 heterocycles. The fourth-order valence-corrected chi connectivity index (χ4v) is 4.59. The number of imidazole rings is 1. The van der Waals surface area contributed by atoms with Crippen molar-refractivity contribution in [1.29, 1.82) is 0 Å². The summed E-state index contributed by atoms with van der Waals surface area (Å²) in [5.74, 6) is -0.280. The number of nitrogens with one attached hydrogen (secondary N) is 1. The third kappa shape index (κ3) is 3.92. The van der Waals surface area contributed by atoms with E-state index in [1.165, 1.54) is 5.56 Å². The number of hydrogen-bond acceptors (Lipinski definition) is 4. The first kappa shape index (κ1) is 20.5. The fourth-order valence-electron chi connectivity index (χ4n) is 3.57. The minimum Gasteiger partial charge on any atom is -0.322 e. The van der Waals surface area contributed by atoms with Crippen molar-refractivity contribution < 1.29 is 4.79 Å². The van der Waals surface area contributed by atoms with E-state index in [4.69, 9.17) is 11.6 Å². The maximum atomic E-state index is 12.9.